The van der Waals surface area contributed by atoms with Crippen LogP contribution in [0.25, 0.3) is 0 Å². The molecule has 3 heteroatoms. The molecule has 0 unspecified atom stereocenters. The predicted octanol–water partition coefficient (Wildman–Crippen LogP) is 1.85. The molecular weight excluding hydrogens is 188 g/mol. The van der Waals surface area contributed by atoms with E-state index in [4.69, 9.17) is 5.73 Å². The maximum Gasteiger partial charge on any atom is 0.154 e. The van der Waals surface area contributed by atoms with E-state index in [-0.39, 0.29) is 5.78 Å². The molecule has 0 radical (unpaired) electrons. The van der Waals surface area contributed by atoms with Gasteiger partial charge in [-0.05, 0) is 31.6 Å². The van der Waals surface area contributed by atoms with E-state index in [1.165, 1.54) is 6.92 Å². The van der Waals surface area contributed by atoms with E-state index in [2.05, 4.69) is 5.32 Å². The second kappa shape index (κ2) is 5.20. The monoisotopic (exact) mass is 204 g/mol. The highest BCUT2D eigenvalue weighted by atomic mass is 16.1. The van der Waals surface area contributed by atoms with E-state index in [0.29, 0.717) is 6.54 Å². The van der Waals surface area contributed by atoms with Crippen LogP contribution in [0.5, 0.6) is 0 Å². The van der Waals surface area contributed by atoms with E-state index in [0.717, 1.165) is 16.9 Å². The van der Waals surface area contributed by atoms with Crippen LogP contribution in [-0.2, 0) is 11.3 Å². The van der Waals surface area contributed by atoms with Gasteiger partial charge >= 0.3 is 0 Å². The number of allylic oxidation sites excluding steroid dienone is 2. The quantitative estimate of drug-likeness (QED) is 0.581. The van der Waals surface area contributed by atoms with Gasteiger partial charge in [-0.3, -0.25) is 4.79 Å². The Kier molecular flexibility index (Phi) is 3.92. The summed E-state index contributed by atoms with van der Waals surface area (Å²) >= 11 is 0. The number of nitrogens with one attached hydrogen (secondary N) is 1. The molecule has 0 amide bonds. The number of ketones is 1. The standard InChI is InChI=1S/C12H16N2O/c1-9(7-10(2)15)14-8-11-5-3-4-6-12(11)13/h3-7,14H,8,13H2,1-2H3. The van der Waals surface area contributed by atoms with Gasteiger partial charge < -0.3 is 11.1 Å². The molecule has 15 heavy (non-hydrogen) atoms. The zero-order valence-electron chi connectivity index (χ0n) is 9.08. The second-order valence-electron chi connectivity index (χ2n) is 3.49. The minimum absolute atomic E-state index is 0.0426. The largest absolute Gasteiger partial charge is 0.398 e. The van der Waals surface area contributed by atoms with Crippen molar-refractivity contribution in [2.24, 2.45) is 0 Å². The van der Waals surface area contributed by atoms with Crippen LogP contribution in [0, 0.1) is 0 Å². The lowest BCUT2D eigenvalue weighted by Gasteiger charge is -2.08. The van der Waals surface area contributed by atoms with Gasteiger partial charge in [0.05, 0.1) is 0 Å². The fraction of sp³-hybridized carbons (Fsp3) is 0.250. The van der Waals surface area contributed by atoms with Gasteiger partial charge in [0.2, 0.25) is 0 Å². The Morgan fingerprint density at radius 2 is 2.07 bits per heavy atom. The molecule has 0 aliphatic rings. The Hall–Kier alpha value is -1.77. The van der Waals surface area contributed by atoms with E-state index in [9.17, 15) is 4.79 Å². The molecule has 0 fully saturated rings. The Bertz CT molecular complexity index is 383. The van der Waals surface area contributed by atoms with E-state index in [1.54, 1.807) is 6.08 Å². The first-order valence-corrected chi connectivity index (χ1v) is 4.85. The van der Waals surface area contributed by atoms with Crippen LogP contribution >= 0.6 is 0 Å². The molecule has 0 spiro atoms. The molecule has 0 saturated heterocycles. The first kappa shape index (κ1) is 11.3. The van der Waals surface area contributed by atoms with Gasteiger partial charge in [-0.25, -0.2) is 0 Å². The highest BCUT2D eigenvalue weighted by molar-refractivity contribution is 5.87. The molecule has 3 nitrogen and oxygen atoms in total. The summed E-state index contributed by atoms with van der Waals surface area (Å²) in [5, 5.41) is 3.13. The van der Waals surface area contributed by atoms with Crippen LogP contribution in [0.15, 0.2) is 36.0 Å². The maximum absolute atomic E-state index is 10.8. The molecule has 0 heterocycles. The summed E-state index contributed by atoms with van der Waals surface area (Å²) in [7, 11) is 0. The molecule has 0 aromatic heterocycles. The number of benzene rings is 1. The Labute approximate surface area is 90.0 Å². The summed E-state index contributed by atoms with van der Waals surface area (Å²) in [5.41, 5.74) is 8.43. The number of anilines is 1. The van der Waals surface area contributed by atoms with Crippen LogP contribution in [0.1, 0.15) is 19.4 Å². The van der Waals surface area contributed by atoms with E-state index >= 15 is 0 Å². The van der Waals surface area contributed by atoms with Crippen molar-refractivity contribution in [3.05, 3.63) is 41.6 Å². The van der Waals surface area contributed by atoms with Gasteiger partial charge in [-0.2, -0.15) is 0 Å². The van der Waals surface area contributed by atoms with Crippen LogP contribution in [0.4, 0.5) is 5.69 Å². The number of hydrogen-bond acceptors (Lipinski definition) is 3. The Balaban J connectivity index is 2.58. The van der Waals surface area contributed by atoms with Gasteiger partial charge in [0, 0.05) is 17.9 Å². The van der Waals surface area contributed by atoms with Crippen molar-refractivity contribution in [2.45, 2.75) is 20.4 Å². The van der Waals surface area contributed by atoms with Gasteiger partial charge in [0.25, 0.3) is 0 Å². The molecule has 0 saturated carbocycles. The molecule has 0 atom stereocenters. The number of nitrogens with two attached hydrogens (primary N) is 1. The highest BCUT2D eigenvalue weighted by Gasteiger charge is 1.97. The smallest absolute Gasteiger partial charge is 0.154 e. The minimum atomic E-state index is 0.0426. The first-order valence-electron chi connectivity index (χ1n) is 4.85. The summed E-state index contributed by atoms with van der Waals surface area (Å²) in [6.45, 7) is 4.03. The van der Waals surface area contributed by atoms with Gasteiger partial charge in [-0.15, -0.1) is 0 Å². The van der Waals surface area contributed by atoms with Crippen molar-refractivity contribution in [1.29, 1.82) is 0 Å². The molecule has 1 rings (SSSR count). The number of hydrogen-bond donors (Lipinski definition) is 2. The molecule has 1 aromatic rings. The third-order valence-corrected chi connectivity index (χ3v) is 2.03. The van der Waals surface area contributed by atoms with Crippen LogP contribution in [0.3, 0.4) is 0 Å². The Morgan fingerprint density at radius 1 is 1.40 bits per heavy atom. The van der Waals surface area contributed by atoms with Crippen molar-refractivity contribution >= 4 is 11.5 Å². The second-order valence-corrected chi connectivity index (χ2v) is 3.49. The first-order chi connectivity index (χ1) is 7.09. The van der Waals surface area contributed by atoms with Gasteiger partial charge in [0.15, 0.2) is 5.78 Å². The Morgan fingerprint density at radius 3 is 2.67 bits per heavy atom. The lowest BCUT2D eigenvalue weighted by atomic mass is 10.2. The number of rotatable bonds is 4. The number of nitrogen functional groups attached to an aromatic ring is 1. The normalized spacial score (nSPS) is 11.2. The SMILES string of the molecule is CC(=O)C=C(C)NCc1ccccc1N. The lowest BCUT2D eigenvalue weighted by Crippen LogP contribution is -2.12. The van der Waals surface area contributed by atoms with Gasteiger partial charge in [0.1, 0.15) is 0 Å². The van der Waals surface area contributed by atoms with Crippen molar-refractivity contribution < 1.29 is 4.79 Å². The molecule has 1 aromatic carbocycles. The lowest BCUT2D eigenvalue weighted by molar-refractivity contribution is -0.112. The maximum atomic E-state index is 10.8. The summed E-state index contributed by atoms with van der Waals surface area (Å²) in [6.07, 6.45) is 1.57. The van der Waals surface area contributed by atoms with Gasteiger partial charge in [-0.1, -0.05) is 18.2 Å². The fourth-order valence-corrected chi connectivity index (χ4v) is 1.29. The molecule has 80 valence electrons. The van der Waals surface area contributed by atoms with Crippen LogP contribution in [0.2, 0.25) is 0 Å². The van der Waals surface area contributed by atoms with Crippen LogP contribution < -0.4 is 11.1 Å². The molecule has 0 bridgehead atoms. The predicted molar refractivity (Wildman–Crippen MR) is 62.1 cm³/mol. The molecule has 0 aliphatic carbocycles. The zero-order chi connectivity index (χ0) is 11.3. The average Bonchev–Trinajstić information content (AvgIpc) is 2.15. The topological polar surface area (TPSA) is 55.1 Å². The third-order valence-electron chi connectivity index (χ3n) is 2.03. The fourth-order valence-electron chi connectivity index (χ4n) is 1.29. The summed E-state index contributed by atoms with van der Waals surface area (Å²) in [4.78, 5) is 10.8. The summed E-state index contributed by atoms with van der Waals surface area (Å²) < 4.78 is 0. The van der Waals surface area contributed by atoms with Crippen molar-refractivity contribution in [1.82, 2.24) is 5.32 Å². The van der Waals surface area contributed by atoms with E-state index in [1.807, 2.05) is 31.2 Å². The third kappa shape index (κ3) is 3.85. The number of carbonyl (C=O) groups excluding carboxylic acids is 1. The van der Waals surface area contributed by atoms with Crippen LogP contribution in [-0.4, -0.2) is 5.78 Å². The van der Waals surface area contributed by atoms with Crippen molar-refractivity contribution in [3.8, 4) is 0 Å². The number of para-hydroxylation sites is 1. The molecule has 0 aliphatic heterocycles. The summed E-state index contributed by atoms with van der Waals surface area (Å²) in [5.74, 6) is 0.0426. The van der Waals surface area contributed by atoms with Crippen molar-refractivity contribution in [3.63, 3.8) is 0 Å². The minimum Gasteiger partial charge on any atom is -0.398 e. The zero-order valence-corrected chi connectivity index (χ0v) is 9.08. The molecule has 3 N–H and O–H groups in total. The van der Waals surface area contributed by atoms with Crippen molar-refractivity contribution in [2.75, 3.05) is 5.73 Å². The number of carbonyl (C=O) groups is 1. The van der Waals surface area contributed by atoms with E-state index < -0.39 is 0 Å². The highest BCUT2D eigenvalue weighted by Crippen LogP contribution is 2.10. The molecular formula is C12H16N2O. The average molecular weight is 204 g/mol. The summed E-state index contributed by atoms with van der Waals surface area (Å²) in [6, 6.07) is 7.67.